The molecular formula is C29H33N3O2S. The highest BCUT2D eigenvalue weighted by Gasteiger charge is 2.24. The van der Waals surface area contributed by atoms with Crippen LogP contribution in [0.3, 0.4) is 0 Å². The molecule has 1 aromatic heterocycles. The zero-order chi connectivity index (χ0) is 25.0. The van der Waals surface area contributed by atoms with Crippen LogP contribution in [0.25, 0.3) is 10.9 Å². The number of nitrogens with one attached hydrogen (secondary N) is 1. The van der Waals surface area contributed by atoms with E-state index in [2.05, 4.69) is 9.71 Å². The minimum atomic E-state index is -2.94. The average molecular weight is 488 g/mol. The van der Waals surface area contributed by atoms with Crippen molar-refractivity contribution in [2.75, 3.05) is 19.3 Å². The number of hydrogen-bond acceptors (Lipinski definition) is 3. The molecule has 1 atom stereocenters. The first-order chi connectivity index (χ1) is 16.8. The summed E-state index contributed by atoms with van der Waals surface area (Å²) in [5.74, 6) is 0.0127. The van der Waals surface area contributed by atoms with Gasteiger partial charge >= 0.3 is 0 Å². The van der Waals surface area contributed by atoms with Gasteiger partial charge in [0.15, 0.2) is 0 Å². The number of aromatic nitrogens is 1. The van der Waals surface area contributed by atoms with Crippen molar-refractivity contribution >= 4 is 26.9 Å². The second-order valence-electron chi connectivity index (χ2n) is 8.84. The van der Waals surface area contributed by atoms with Crippen molar-refractivity contribution in [1.82, 2.24) is 14.6 Å². The van der Waals surface area contributed by atoms with E-state index in [4.69, 9.17) is 0 Å². The van der Waals surface area contributed by atoms with E-state index < -0.39 is 10.1 Å². The third-order valence-electron chi connectivity index (χ3n) is 6.42. The van der Waals surface area contributed by atoms with Crippen LogP contribution in [0.4, 0.5) is 0 Å². The number of carbonyl (C=O) groups excluding carboxylic acids is 1. The maximum atomic E-state index is 14.0. The number of thiol groups is 1. The lowest BCUT2D eigenvalue weighted by Crippen LogP contribution is -2.34. The Balaban J connectivity index is 1.78. The molecule has 1 heterocycles. The molecule has 1 N–H and O–H groups in total. The molecule has 0 aliphatic rings. The predicted molar refractivity (Wildman–Crippen MR) is 145 cm³/mol. The first-order valence-electron chi connectivity index (χ1n) is 12.0. The van der Waals surface area contributed by atoms with E-state index in [1.165, 1.54) is 0 Å². The van der Waals surface area contributed by atoms with Gasteiger partial charge in [0.25, 0.3) is 5.91 Å². The van der Waals surface area contributed by atoms with Gasteiger partial charge in [-0.1, -0.05) is 54.1 Å². The summed E-state index contributed by atoms with van der Waals surface area (Å²) in [7, 11) is -2.94. The van der Waals surface area contributed by atoms with Crippen LogP contribution in [0.1, 0.15) is 46.9 Å². The van der Waals surface area contributed by atoms with Gasteiger partial charge in [-0.3, -0.25) is 14.0 Å². The molecule has 0 radical (unpaired) electrons. The molecule has 6 heteroatoms. The summed E-state index contributed by atoms with van der Waals surface area (Å²) in [4.78, 5) is 20.0. The lowest BCUT2D eigenvalue weighted by Gasteiger charge is -2.29. The summed E-state index contributed by atoms with van der Waals surface area (Å²) in [6.07, 6.45) is 3.54. The Morgan fingerprint density at radius 1 is 0.943 bits per heavy atom. The van der Waals surface area contributed by atoms with Crippen molar-refractivity contribution in [2.45, 2.75) is 31.7 Å². The van der Waals surface area contributed by atoms with Gasteiger partial charge in [-0.15, -0.1) is 0 Å². The molecule has 0 spiro atoms. The van der Waals surface area contributed by atoms with Crippen molar-refractivity contribution in [1.29, 1.82) is 0 Å². The molecule has 0 aliphatic carbocycles. The Hall–Kier alpha value is -3.35. The van der Waals surface area contributed by atoms with Crippen LogP contribution in [-0.4, -0.2) is 39.3 Å². The van der Waals surface area contributed by atoms with Gasteiger partial charge in [0.1, 0.15) is 0 Å². The van der Waals surface area contributed by atoms with Crippen LogP contribution in [0.2, 0.25) is 0 Å². The van der Waals surface area contributed by atoms with E-state index in [9.17, 15) is 9.00 Å². The standard InChI is InChI=1S/C29H33N3O2S/c1-5-32(6-2)29(33)24-16-14-23(15-17-24)28(26-11-7-9-22-10-8-20-30-27(22)26)31-35(4,34)25-18-12-21(3)13-19-25/h7-20,28,35H,5-6H2,1-4H3,(H,31,34). The van der Waals surface area contributed by atoms with Crippen molar-refractivity contribution < 1.29 is 9.00 Å². The first-order valence-corrected chi connectivity index (χ1v) is 14.1. The molecule has 5 nitrogen and oxygen atoms in total. The lowest BCUT2D eigenvalue weighted by molar-refractivity contribution is 0.0773. The number of fused-ring (bicyclic) bond motifs is 1. The van der Waals surface area contributed by atoms with Gasteiger partial charge in [0.05, 0.1) is 11.6 Å². The Morgan fingerprint density at radius 2 is 1.60 bits per heavy atom. The maximum Gasteiger partial charge on any atom is 0.253 e. The van der Waals surface area contributed by atoms with E-state index >= 15 is 0 Å². The molecule has 0 bridgehead atoms. The molecule has 0 aliphatic heterocycles. The smallest absolute Gasteiger partial charge is 0.253 e. The number of pyridine rings is 1. The first kappa shape index (κ1) is 24.8. The van der Waals surface area contributed by atoms with Gasteiger partial charge in [-0.2, -0.15) is 0 Å². The fourth-order valence-electron chi connectivity index (χ4n) is 4.35. The summed E-state index contributed by atoms with van der Waals surface area (Å²) in [5.41, 5.74) is 4.50. The predicted octanol–water partition coefficient (Wildman–Crippen LogP) is 5.32. The van der Waals surface area contributed by atoms with Crippen molar-refractivity contribution in [3.05, 3.63) is 107 Å². The van der Waals surface area contributed by atoms with Gasteiger partial charge < -0.3 is 4.90 Å². The quantitative estimate of drug-likeness (QED) is 0.331. The Labute approximate surface area is 208 Å². The van der Waals surface area contributed by atoms with Crippen molar-refractivity contribution in [2.24, 2.45) is 0 Å². The zero-order valence-corrected chi connectivity index (χ0v) is 21.6. The molecule has 35 heavy (non-hydrogen) atoms. The summed E-state index contributed by atoms with van der Waals surface area (Å²) >= 11 is 0. The van der Waals surface area contributed by atoms with Crippen LogP contribution < -0.4 is 4.72 Å². The molecular weight excluding hydrogens is 454 g/mol. The van der Waals surface area contributed by atoms with Crippen LogP contribution in [0.15, 0.2) is 90.0 Å². The highest BCUT2D eigenvalue weighted by molar-refractivity contribution is 8.00. The summed E-state index contributed by atoms with van der Waals surface area (Å²) < 4.78 is 17.4. The van der Waals surface area contributed by atoms with Crippen molar-refractivity contribution in [3.63, 3.8) is 0 Å². The number of nitrogens with zero attached hydrogens (tertiary/aromatic N) is 2. The summed E-state index contributed by atoms with van der Waals surface area (Å²) in [6.45, 7) is 7.31. The molecule has 0 saturated carbocycles. The summed E-state index contributed by atoms with van der Waals surface area (Å²) in [6, 6.07) is 25.0. The summed E-state index contributed by atoms with van der Waals surface area (Å²) in [5, 5.41) is 1.02. The molecule has 4 aromatic rings. The Bertz CT molecular complexity index is 1360. The van der Waals surface area contributed by atoms with E-state index in [1.807, 2.05) is 99.6 Å². The number of carbonyl (C=O) groups is 1. The second-order valence-corrected chi connectivity index (χ2v) is 11.5. The monoisotopic (exact) mass is 487 g/mol. The molecule has 4 rings (SSSR count). The number of amides is 1. The molecule has 182 valence electrons. The molecule has 0 fully saturated rings. The highest BCUT2D eigenvalue weighted by atomic mass is 32.3. The van der Waals surface area contributed by atoms with Gasteiger partial charge in [0.2, 0.25) is 0 Å². The number of para-hydroxylation sites is 1. The SMILES string of the molecule is CCN(CC)C(=O)c1ccc(C(N[SH](C)(=O)c2ccc(C)cc2)c2cccc3cccnc23)cc1. The third-order valence-corrected chi connectivity index (χ3v) is 8.45. The normalized spacial score (nSPS) is 12.9. The molecule has 0 saturated heterocycles. The van der Waals surface area contributed by atoms with Crippen LogP contribution >= 0.6 is 0 Å². The molecule has 1 amide bonds. The fraction of sp³-hybridized carbons (Fsp3) is 0.241. The van der Waals surface area contributed by atoms with E-state index in [-0.39, 0.29) is 11.9 Å². The number of aryl methyl sites for hydroxylation is 1. The van der Waals surface area contributed by atoms with E-state index in [0.29, 0.717) is 18.7 Å². The number of rotatable bonds is 8. The number of benzene rings is 3. The Kier molecular flexibility index (Phi) is 7.43. The largest absolute Gasteiger partial charge is 0.339 e. The Morgan fingerprint density at radius 3 is 2.26 bits per heavy atom. The maximum absolute atomic E-state index is 14.0. The van der Waals surface area contributed by atoms with Crippen molar-refractivity contribution in [3.8, 4) is 0 Å². The van der Waals surface area contributed by atoms with E-state index in [0.717, 1.165) is 32.5 Å². The average Bonchev–Trinajstić information content (AvgIpc) is 2.88. The highest BCUT2D eigenvalue weighted by Crippen LogP contribution is 2.31. The fourth-order valence-corrected chi connectivity index (χ4v) is 5.99. The second kappa shape index (κ2) is 10.5. The van der Waals surface area contributed by atoms with Crippen LogP contribution in [-0.2, 0) is 10.1 Å². The third kappa shape index (κ3) is 5.34. The number of hydrogen-bond donors (Lipinski definition) is 2. The lowest BCUT2D eigenvalue weighted by atomic mass is 9.96. The minimum absolute atomic E-state index is 0.0127. The molecule has 3 aromatic carbocycles. The van der Waals surface area contributed by atoms with Gasteiger partial charge in [0, 0.05) is 47.0 Å². The minimum Gasteiger partial charge on any atom is -0.339 e. The zero-order valence-electron chi connectivity index (χ0n) is 20.7. The van der Waals surface area contributed by atoms with Crippen LogP contribution in [0.5, 0.6) is 0 Å². The van der Waals surface area contributed by atoms with Crippen LogP contribution in [0, 0.1) is 6.92 Å². The van der Waals surface area contributed by atoms with Gasteiger partial charge in [-0.25, -0.2) is 4.72 Å². The van der Waals surface area contributed by atoms with Gasteiger partial charge in [-0.05, 0) is 66.8 Å². The topological polar surface area (TPSA) is 62.3 Å². The molecule has 1 unspecified atom stereocenters. The van der Waals surface area contributed by atoms with E-state index in [1.54, 1.807) is 17.4 Å².